The van der Waals surface area contributed by atoms with Crippen molar-refractivity contribution >= 4 is 0 Å². The number of nitrogens with zero attached hydrogens (tertiary/aromatic N) is 2. The van der Waals surface area contributed by atoms with Crippen molar-refractivity contribution < 1.29 is 4.74 Å². The molecule has 0 spiro atoms. The largest absolute Gasteiger partial charge is 0.439 e. The fraction of sp³-hybridized carbons (Fsp3) is 0.357. The molecule has 1 aromatic carbocycles. The second-order valence-corrected chi connectivity index (χ2v) is 4.43. The van der Waals surface area contributed by atoms with Crippen molar-refractivity contribution in [2.45, 2.75) is 26.3 Å². The highest BCUT2D eigenvalue weighted by atomic mass is 16.5. The first-order chi connectivity index (χ1) is 8.60. The summed E-state index contributed by atoms with van der Waals surface area (Å²) < 4.78 is 7.48. The predicted molar refractivity (Wildman–Crippen MR) is 71.7 cm³/mol. The van der Waals surface area contributed by atoms with Crippen LogP contribution in [0.2, 0.25) is 0 Å². The molecule has 0 aliphatic rings. The minimum atomic E-state index is 0.0954. The molecule has 1 heterocycles. The maximum atomic E-state index is 5.97. The van der Waals surface area contributed by atoms with Crippen LogP contribution < -0.4 is 10.5 Å². The molecular formula is C14H19N3O. The standard InChI is InChI=1S/C14H19N3O/c1-4-13(15)11-5-7-12(8-6-11)18-14-9-10(2)16-17(14)3/h5-9,13H,4,15H2,1-3H3/t13-/m1/s1. The Morgan fingerprint density at radius 3 is 2.50 bits per heavy atom. The third kappa shape index (κ3) is 2.71. The van der Waals surface area contributed by atoms with E-state index in [4.69, 9.17) is 10.5 Å². The van der Waals surface area contributed by atoms with E-state index in [1.165, 1.54) is 0 Å². The molecule has 0 amide bonds. The minimum absolute atomic E-state index is 0.0954. The van der Waals surface area contributed by atoms with Gasteiger partial charge in [-0.15, -0.1) is 0 Å². The normalized spacial score (nSPS) is 12.4. The Hall–Kier alpha value is -1.81. The van der Waals surface area contributed by atoms with Crippen LogP contribution in [0, 0.1) is 6.92 Å². The molecule has 1 aromatic heterocycles. The van der Waals surface area contributed by atoms with Gasteiger partial charge < -0.3 is 10.5 Å². The molecule has 4 heteroatoms. The molecule has 4 nitrogen and oxygen atoms in total. The lowest BCUT2D eigenvalue weighted by Crippen LogP contribution is -2.08. The van der Waals surface area contributed by atoms with Gasteiger partial charge in [0.15, 0.2) is 0 Å². The summed E-state index contributed by atoms with van der Waals surface area (Å²) in [5.41, 5.74) is 8.04. The Balaban J connectivity index is 2.13. The van der Waals surface area contributed by atoms with Gasteiger partial charge in [-0.25, -0.2) is 4.68 Å². The third-order valence-electron chi connectivity index (χ3n) is 2.93. The highest BCUT2D eigenvalue weighted by Crippen LogP contribution is 2.23. The van der Waals surface area contributed by atoms with Crippen molar-refractivity contribution in [1.29, 1.82) is 0 Å². The van der Waals surface area contributed by atoms with Crippen molar-refractivity contribution in [3.8, 4) is 11.6 Å². The van der Waals surface area contributed by atoms with Crippen molar-refractivity contribution in [1.82, 2.24) is 9.78 Å². The molecule has 0 unspecified atom stereocenters. The Morgan fingerprint density at radius 1 is 1.33 bits per heavy atom. The monoisotopic (exact) mass is 245 g/mol. The Bertz CT molecular complexity index is 516. The molecule has 2 N–H and O–H groups in total. The summed E-state index contributed by atoms with van der Waals surface area (Å²) in [6.45, 7) is 4.02. The van der Waals surface area contributed by atoms with Crippen LogP contribution in [-0.4, -0.2) is 9.78 Å². The Kier molecular flexibility index (Phi) is 3.67. The number of hydrogen-bond donors (Lipinski definition) is 1. The van der Waals surface area contributed by atoms with E-state index in [0.29, 0.717) is 0 Å². The molecular weight excluding hydrogens is 226 g/mol. The molecule has 0 saturated carbocycles. The van der Waals surface area contributed by atoms with Gasteiger partial charge in [-0.3, -0.25) is 0 Å². The Morgan fingerprint density at radius 2 is 2.00 bits per heavy atom. The summed E-state index contributed by atoms with van der Waals surface area (Å²) in [6.07, 6.45) is 0.932. The number of nitrogens with two attached hydrogens (primary N) is 1. The van der Waals surface area contributed by atoms with Crippen LogP contribution in [0.15, 0.2) is 30.3 Å². The lowest BCUT2D eigenvalue weighted by Gasteiger charge is -2.10. The van der Waals surface area contributed by atoms with Gasteiger partial charge in [0.05, 0.1) is 5.69 Å². The molecule has 0 aliphatic heterocycles. The summed E-state index contributed by atoms with van der Waals surface area (Å²) in [5, 5.41) is 4.24. The number of benzene rings is 1. The number of rotatable bonds is 4. The molecule has 0 saturated heterocycles. The molecule has 0 bridgehead atoms. The number of hydrogen-bond acceptors (Lipinski definition) is 3. The lowest BCUT2D eigenvalue weighted by atomic mass is 10.1. The topological polar surface area (TPSA) is 53.1 Å². The summed E-state index contributed by atoms with van der Waals surface area (Å²) in [4.78, 5) is 0. The van der Waals surface area contributed by atoms with Crippen LogP contribution in [0.1, 0.15) is 30.6 Å². The second-order valence-electron chi connectivity index (χ2n) is 4.43. The van der Waals surface area contributed by atoms with Crippen molar-refractivity contribution in [3.63, 3.8) is 0 Å². The summed E-state index contributed by atoms with van der Waals surface area (Å²) in [7, 11) is 1.86. The number of aromatic nitrogens is 2. The zero-order valence-corrected chi connectivity index (χ0v) is 11.1. The van der Waals surface area contributed by atoms with E-state index < -0.39 is 0 Å². The van der Waals surface area contributed by atoms with Crippen LogP contribution in [-0.2, 0) is 7.05 Å². The van der Waals surface area contributed by atoms with Crippen LogP contribution in [0.4, 0.5) is 0 Å². The molecule has 0 radical (unpaired) electrons. The summed E-state index contributed by atoms with van der Waals surface area (Å²) in [5.74, 6) is 1.53. The van der Waals surface area contributed by atoms with Crippen molar-refractivity contribution in [2.75, 3.05) is 0 Å². The molecule has 2 rings (SSSR count). The van der Waals surface area contributed by atoms with Crippen LogP contribution in [0.25, 0.3) is 0 Å². The molecule has 1 atom stereocenters. The lowest BCUT2D eigenvalue weighted by molar-refractivity contribution is 0.430. The highest BCUT2D eigenvalue weighted by molar-refractivity contribution is 5.32. The third-order valence-corrected chi connectivity index (χ3v) is 2.93. The fourth-order valence-corrected chi connectivity index (χ4v) is 1.82. The van der Waals surface area contributed by atoms with E-state index in [9.17, 15) is 0 Å². The first kappa shape index (κ1) is 12.6. The summed E-state index contributed by atoms with van der Waals surface area (Å²) >= 11 is 0. The van der Waals surface area contributed by atoms with Gasteiger partial charge in [-0.2, -0.15) is 5.10 Å². The van der Waals surface area contributed by atoms with E-state index in [2.05, 4.69) is 12.0 Å². The maximum Gasteiger partial charge on any atom is 0.217 e. The van der Waals surface area contributed by atoms with Gasteiger partial charge in [0, 0.05) is 19.2 Å². The van der Waals surface area contributed by atoms with Gasteiger partial charge in [-0.1, -0.05) is 19.1 Å². The van der Waals surface area contributed by atoms with E-state index in [1.54, 1.807) is 4.68 Å². The fourth-order valence-electron chi connectivity index (χ4n) is 1.82. The highest BCUT2D eigenvalue weighted by Gasteiger charge is 2.06. The zero-order chi connectivity index (χ0) is 13.1. The number of aryl methyl sites for hydroxylation is 2. The summed E-state index contributed by atoms with van der Waals surface area (Å²) in [6, 6.07) is 9.89. The second kappa shape index (κ2) is 5.23. The van der Waals surface area contributed by atoms with Crippen molar-refractivity contribution in [2.24, 2.45) is 12.8 Å². The van der Waals surface area contributed by atoms with Gasteiger partial charge in [0.1, 0.15) is 5.75 Å². The average Bonchev–Trinajstić information content (AvgIpc) is 2.68. The molecule has 0 aliphatic carbocycles. The molecule has 18 heavy (non-hydrogen) atoms. The number of ether oxygens (including phenoxy) is 1. The van der Waals surface area contributed by atoms with Gasteiger partial charge in [0.2, 0.25) is 5.88 Å². The SMILES string of the molecule is CC[C@@H](N)c1ccc(Oc2cc(C)nn2C)cc1. The minimum Gasteiger partial charge on any atom is -0.439 e. The quantitative estimate of drug-likeness (QED) is 0.901. The average molecular weight is 245 g/mol. The smallest absolute Gasteiger partial charge is 0.217 e. The van der Waals surface area contributed by atoms with Crippen LogP contribution >= 0.6 is 0 Å². The first-order valence-electron chi connectivity index (χ1n) is 6.14. The van der Waals surface area contributed by atoms with Gasteiger partial charge in [0.25, 0.3) is 0 Å². The van der Waals surface area contributed by atoms with E-state index >= 15 is 0 Å². The van der Waals surface area contributed by atoms with Gasteiger partial charge >= 0.3 is 0 Å². The zero-order valence-electron chi connectivity index (χ0n) is 11.1. The van der Waals surface area contributed by atoms with Crippen LogP contribution in [0.5, 0.6) is 11.6 Å². The molecule has 0 fully saturated rings. The van der Waals surface area contributed by atoms with E-state index in [0.717, 1.165) is 29.3 Å². The van der Waals surface area contributed by atoms with E-state index in [1.807, 2.05) is 44.3 Å². The first-order valence-corrected chi connectivity index (χ1v) is 6.14. The Labute approximate surface area is 107 Å². The maximum absolute atomic E-state index is 5.97. The predicted octanol–water partition coefficient (Wildman–Crippen LogP) is 2.93. The molecule has 2 aromatic rings. The molecule has 96 valence electrons. The van der Waals surface area contributed by atoms with Crippen LogP contribution in [0.3, 0.4) is 0 Å². The van der Waals surface area contributed by atoms with E-state index in [-0.39, 0.29) is 6.04 Å². The van der Waals surface area contributed by atoms with Gasteiger partial charge in [-0.05, 0) is 31.0 Å². The van der Waals surface area contributed by atoms with Crippen molar-refractivity contribution in [3.05, 3.63) is 41.6 Å².